The van der Waals surface area contributed by atoms with Crippen LogP contribution in [0.25, 0.3) is 0 Å². The maximum Gasteiger partial charge on any atom is 0.229 e. The molecule has 4 heteroatoms. The van der Waals surface area contributed by atoms with Crippen molar-refractivity contribution in [3.63, 3.8) is 0 Å². The molecule has 0 fully saturated rings. The molecule has 0 atom stereocenters. The summed E-state index contributed by atoms with van der Waals surface area (Å²) < 4.78 is 0. The molecule has 0 radical (unpaired) electrons. The summed E-state index contributed by atoms with van der Waals surface area (Å²) in [4.78, 5) is 13.4. The molecule has 0 unspecified atom stereocenters. The van der Waals surface area contributed by atoms with E-state index in [2.05, 4.69) is 6.58 Å². The minimum Gasteiger partial charge on any atom is -0.395 e. The molecule has 82 valence electrons. The molecule has 0 aromatic heterocycles. The Bertz CT molecular complexity index is 204. The number of alkyl halides is 1. The second-order valence-electron chi connectivity index (χ2n) is 3.78. The average molecular weight is 220 g/mol. The summed E-state index contributed by atoms with van der Waals surface area (Å²) in [6.45, 7) is 7.86. The fourth-order valence-electron chi connectivity index (χ4n) is 1.04. The Labute approximate surface area is 90.4 Å². The maximum absolute atomic E-state index is 11.9. The Kier molecular flexibility index (Phi) is 5.81. The molecule has 0 aromatic rings. The van der Waals surface area contributed by atoms with E-state index < -0.39 is 5.41 Å². The highest BCUT2D eigenvalue weighted by Crippen LogP contribution is 2.20. The number of carbonyl (C=O) groups is 1. The van der Waals surface area contributed by atoms with E-state index >= 15 is 0 Å². The maximum atomic E-state index is 11.9. The molecule has 0 aliphatic heterocycles. The molecule has 14 heavy (non-hydrogen) atoms. The van der Waals surface area contributed by atoms with Gasteiger partial charge in [-0.25, -0.2) is 0 Å². The monoisotopic (exact) mass is 219 g/mol. The van der Waals surface area contributed by atoms with Gasteiger partial charge in [-0.05, 0) is 13.8 Å². The predicted molar refractivity (Wildman–Crippen MR) is 58.4 cm³/mol. The van der Waals surface area contributed by atoms with Gasteiger partial charge in [0.2, 0.25) is 5.91 Å². The number of halogens is 1. The molecule has 1 amide bonds. The Morgan fingerprint density at radius 1 is 1.64 bits per heavy atom. The van der Waals surface area contributed by atoms with Crippen molar-refractivity contribution < 1.29 is 9.90 Å². The van der Waals surface area contributed by atoms with Gasteiger partial charge in [-0.1, -0.05) is 6.08 Å². The molecular weight excluding hydrogens is 202 g/mol. The van der Waals surface area contributed by atoms with Crippen LogP contribution in [-0.4, -0.2) is 41.5 Å². The number of nitrogens with zero attached hydrogens (tertiary/aromatic N) is 1. The molecule has 0 aliphatic rings. The summed E-state index contributed by atoms with van der Waals surface area (Å²) in [6.07, 6.45) is 1.64. The third-order valence-corrected chi connectivity index (χ3v) is 2.59. The van der Waals surface area contributed by atoms with Crippen molar-refractivity contribution in [2.24, 2.45) is 5.41 Å². The lowest BCUT2D eigenvalue weighted by Gasteiger charge is -2.29. The summed E-state index contributed by atoms with van der Waals surface area (Å²) in [5, 5.41) is 8.79. The molecular formula is C10H18ClNO2. The summed E-state index contributed by atoms with van der Waals surface area (Å²) in [7, 11) is 0. The van der Waals surface area contributed by atoms with E-state index in [0.29, 0.717) is 13.1 Å². The molecule has 0 spiro atoms. The van der Waals surface area contributed by atoms with Gasteiger partial charge in [-0.2, -0.15) is 0 Å². The third-order valence-electron chi connectivity index (χ3n) is 1.92. The molecule has 0 aliphatic carbocycles. The first kappa shape index (κ1) is 13.5. The van der Waals surface area contributed by atoms with Crippen LogP contribution in [0.1, 0.15) is 13.8 Å². The van der Waals surface area contributed by atoms with Gasteiger partial charge in [0.15, 0.2) is 0 Å². The first-order chi connectivity index (χ1) is 6.49. The lowest BCUT2D eigenvalue weighted by atomic mass is 9.94. The van der Waals surface area contributed by atoms with Crippen LogP contribution in [0, 0.1) is 5.41 Å². The van der Waals surface area contributed by atoms with Gasteiger partial charge < -0.3 is 10.0 Å². The van der Waals surface area contributed by atoms with Crippen LogP contribution in [0.15, 0.2) is 12.7 Å². The van der Waals surface area contributed by atoms with E-state index in [-0.39, 0.29) is 18.4 Å². The van der Waals surface area contributed by atoms with Crippen molar-refractivity contribution >= 4 is 17.5 Å². The minimum absolute atomic E-state index is 0.0437. The lowest BCUT2D eigenvalue weighted by Crippen LogP contribution is -2.43. The molecule has 0 bridgehead atoms. The number of rotatable bonds is 6. The van der Waals surface area contributed by atoms with Gasteiger partial charge in [-0.15, -0.1) is 18.2 Å². The van der Waals surface area contributed by atoms with Crippen LogP contribution < -0.4 is 0 Å². The first-order valence-corrected chi connectivity index (χ1v) is 5.10. The third kappa shape index (κ3) is 3.68. The van der Waals surface area contributed by atoms with Crippen LogP contribution in [0.2, 0.25) is 0 Å². The fourth-order valence-corrected chi connectivity index (χ4v) is 1.15. The number of hydrogen-bond acceptors (Lipinski definition) is 2. The van der Waals surface area contributed by atoms with Crippen molar-refractivity contribution in [3.8, 4) is 0 Å². The second-order valence-corrected chi connectivity index (χ2v) is 4.05. The lowest BCUT2D eigenvalue weighted by molar-refractivity contribution is -0.139. The van der Waals surface area contributed by atoms with Crippen molar-refractivity contribution in [3.05, 3.63) is 12.7 Å². The largest absolute Gasteiger partial charge is 0.395 e. The Morgan fingerprint density at radius 3 is 2.57 bits per heavy atom. The topological polar surface area (TPSA) is 40.5 Å². The van der Waals surface area contributed by atoms with Crippen LogP contribution >= 0.6 is 11.6 Å². The van der Waals surface area contributed by atoms with E-state index in [4.69, 9.17) is 16.7 Å². The molecule has 0 heterocycles. The highest BCUT2D eigenvalue weighted by atomic mass is 35.5. The number of hydrogen-bond donors (Lipinski definition) is 1. The van der Waals surface area contributed by atoms with Gasteiger partial charge in [0.05, 0.1) is 12.0 Å². The first-order valence-electron chi connectivity index (χ1n) is 4.56. The summed E-state index contributed by atoms with van der Waals surface area (Å²) in [5.74, 6) is 0.215. The number of aliphatic hydroxyl groups excluding tert-OH is 1. The van der Waals surface area contributed by atoms with Crippen LogP contribution in [0.3, 0.4) is 0 Å². The van der Waals surface area contributed by atoms with E-state index in [1.807, 2.05) is 0 Å². The van der Waals surface area contributed by atoms with Crippen LogP contribution in [0.4, 0.5) is 0 Å². The Morgan fingerprint density at radius 2 is 2.21 bits per heavy atom. The number of aliphatic hydroxyl groups is 1. The SMILES string of the molecule is C=CCN(CCO)C(=O)C(C)(C)CCl. The molecule has 0 rings (SSSR count). The molecule has 0 saturated carbocycles. The molecule has 0 aromatic carbocycles. The number of amides is 1. The van der Waals surface area contributed by atoms with Crippen molar-refractivity contribution in [1.29, 1.82) is 0 Å². The zero-order valence-electron chi connectivity index (χ0n) is 8.79. The molecule has 1 N–H and O–H groups in total. The highest BCUT2D eigenvalue weighted by Gasteiger charge is 2.30. The van der Waals surface area contributed by atoms with E-state index in [9.17, 15) is 4.79 Å². The predicted octanol–water partition coefficient (Wildman–Crippen LogP) is 1.26. The minimum atomic E-state index is -0.584. The summed E-state index contributed by atoms with van der Waals surface area (Å²) in [6, 6.07) is 0. The summed E-state index contributed by atoms with van der Waals surface area (Å²) in [5.41, 5.74) is -0.584. The van der Waals surface area contributed by atoms with Gasteiger partial charge in [0.1, 0.15) is 0 Å². The second kappa shape index (κ2) is 6.04. The number of carbonyl (C=O) groups excluding carboxylic acids is 1. The summed E-state index contributed by atoms with van der Waals surface area (Å²) >= 11 is 5.70. The van der Waals surface area contributed by atoms with E-state index in [1.165, 1.54) is 0 Å². The molecule has 3 nitrogen and oxygen atoms in total. The highest BCUT2D eigenvalue weighted by molar-refractivity contribution is 6.19. The molecule has 0 saturated heterocycles. The normalized spacial score (nSPS) is 11.1. The standard InChI is InChI=1S/C10H18ClNO2/c1-4-5-12(6-7-13)9(14)10(2,3)8-11/h4,13H,1,5-8H2,2-3H3. The van der Waals surface area contributed by atoms with Gasteiger partial charge >= 0.3 is 0 Å². The quantitative estimate of drug-likeness (QED) is 0.540. The van der Waals surface area contributed by atoms with Crippen molar-refractivity contribution in [2.45, 2.75) is 13.8 Å². The van der Waals surface area contributed by atoms with E-state index in [0.717, 1.165) is 0 Å². The Balaban J connectivity index is 4.49. The van der Waals surface area contributed by atoms with Crippen LogP contribution in [0.5, 0.6) is 0 Å². The van der Waals surface area contributed by atoms with Gasteiger partial charge in [0, 0.05) is 19.0 Å². The fraction of sp³-hybridized carbons (Fsp3) is 0.700. The van der Waals surface area contributed by atoms with Crippen molar-refractivity contribution in [1.82, 2.24) is 4.90 Å². The zero-order valence-corrected chi connectivity index (χ0v) is 9.55. The Hall–Kier alpha value is -0.540. The average Bonchev–Trinajstić information content (AvgIpc) is 2.16. The van der Waals surface area contributed by atoms with E-state index in [1.54, 1.807) is 24.8 Å². The van der Waals surface area contributed by atoms with Gasteiger partial charge in [0.25, 0.3) is 0 Å². The van der Waals surface area contributed by atoms with Gasteiger partial charge in [-0.3, -0.25) is 4.79 Å². The van der Waals surface area contributed by atoms with Crippen molar-refractivity contribution in [2.75, 3.05) is 25.6 Å². The van der Waals surface area contributed by atoms with Crippen LogP contribution in [-0.2, 0) is 4.79 Å². The smallest absolute Gasteiger partial charge is 0.229 e. The zero-order chi connectivity index (χ0) is 11.2.